The Hall–Kier alpha value is 3.22. The highest BCUT2D eigenvalue weighted by molar-refractivity contribution is 14.1. The average Bonchev–Trinajstić information content (AvgIpc) is 3.13. The Balaban J connectivity index is 1.46. The Morgan fingerprint density at radius 3 is 1.38 bits per heavy atom. The highest BCUT2D eigenvalue weighted by Crippen LogP contribution is 2.71. The predicted molar refractivity (Wildman–Crippen MR) is 131 cm³/mol. The maximum atomic E-state index is 2.45. The zero-order valence-corrected chi connectivity index (χ0v) is 21.0. The van der Waals surface area contributed by atoms with Crippen LogP contribution in [0.4, 0.5) is 0 Å². The first-order valence-electron chi connectivity index (χ1n) is 5.81. The van der Waals surface area contributed by atoms with E-state index < -0.39 is 0 Å². The van der Waals surface area contributed by atoms with E-state index in [0.717, 1.165) is 0 Å². The molecule has 1 fully saturated rings. The van der Waals surface area contributed by atoms with E-state index >= 15 is 0 Å². The maximum absolute atomic E-state index is 2.45. The van der Waals surface area contributed by atoms with Crippen molar-refractivity contribution in [1.29, 1.82) is 0 Å². The molecule has 0 radical (unpaired) electrons. The van der Waals surface area contributed by atoms with Gasteiger partial charge in [0.15, 0.2) is 0 Å². The summed E-state index contributed by atoms with van der Waals surface area (Å²) in [4.78, 5) is 0. The third-order valence-electron chi connectivity index (χ3n) is 2.52. The molecule has 0 aliphatic carbocycles. The van der Waals surface area contributed by atoms with Crippen molar-refractivity contribution in [1.82, 2.24) is 0 Å². The molecule has 10 heteroatoms. The van der Waals surface area contributed by atoms with Gasteiger partial charge in [-0.2, -0.15) is 0 Å². The van der Waals surface area contributed by atoms with Gasteiger partial charge in [0.2, 0.25) is 0 Å². The molecule has 4 aliphatic rings. The van der Waals surface area contributed by atoms with Crippen LogP contribution in [-0.4, -0.2) is 11.5 Å². The molecule has 0 spiro atoms. The van der Waals surface area contributed by atoms with E-state index in [9.17, 15) is 0 Å². The molecule has 0 saturated carbocycles. The number of halogens is 2. The molecule has 0 aromatic heterocycles. The van der Waals surface area contributed by atoms with Gasteiger partial charge in [0.25, 0.3) is 0 Å². The average molecular weight is 649 g/mol. The van der Waals surface area contributed by atoms with Crippen LogP contribution in [0.3, 0.4) is 0 Å². The molecule has 1 saturated heterocycles. The van der Waals surface area contributed by atoms with Crippen LogP contribution >= 0.6 is 139 Å². The van der Waals surface area contributed by atoms with Gasteiger partial charge in [-0.15, -0.1) is 23.5 Å². The molecular formula is C11H6I2S8. The summed E-state index contributed by atoms with van der Waals surface area (Å²) >= 11 is 20.9. The van der Waals surface area contributed by atoms with E-state index in [1.54, 1.807) is 4.24 Å². The van der Waals surface area contributed by atoms with Crippen molar-refractivity contribution in [2.75, 3.05) is 11.5 Å². The Kier molecular flexibility index (Phi) is 6.59. The standard InChI is InChI=1S/C11H6I2S8/c12-4-5(13)17-8(16-4)9-20-10-11(21-9)19-7(18-10)6-14-2-1-3-15-6/h1-3H2. The molecule has 0 aromatic carbocycles. The van der Waals surface area contributed by atoms with Crippen molar-refractivity contribution >= 4 is 139 Å². The third kappa shape index (κ3) is 3.99. The quantitative estimate of drug-likeness (QED) is 0.237. The second-order valence-electron chi connectivity index (χ2n) is 3.94. The summed E-state index contributed by atoms with van der Waals surface area (Å²) in [7, 11) is 0. The molecule has 0 unspecified atom stereocenters. The normalized spacial score (nSPS) is 26.6. The van der Waals surface area contributed by atoms with Gasteiger partial charge in [0, 0.05) is 0 Å². The first-order chi connectivity index (χ1) is 10.2. The Labute approximate surface area is 185 Å². The van der Waals surface area contributed by atoms with Gasteiger partial charge in [0.1, 0.15) is 0 Å². The van der Waals surface area contributed by atoms with E-state index in [1.807, 2.05) is 70.6 Å². The van der Waals surface area contributed by atoms with Crippen molar-refractivity contribution in [3.63, 3.8) is 0 Å². The van der Waals surface area contributed by atoms with Crippen molar-refractivity contribution in [3.8, 4) is 0 Å². The molecule has 0 aromatic rings. The first kappa shape index (κ1) is 17.6. The lowest BCUT2D eigenvalue weighted by Crippen LogP contribution is -1.92. The number of hydrogen-bond donors (Lipinski definition) is 0. The second-order valence-corrected chi connectivity index (χ2v) is 17.4. The molecular weight excluding hydrogens is 642 g/mol. The Bertz CT molecular complexity index is 586. The van der Waals surface area contributed by atoms with Gasteiger partial charge in [-0.1, -0.05) is 70.6 Å². The smallest absolute Gasteiger partial charge is 0.0718 e. The monoisotopic (exact) mass is 648 g/mol. The molecule has 0 nitrogen and oxygen atoms in total. The molecule has 0 N–H and O–H groups in total. The lowest BCUT2D eigenvalue weighted by molar-refractivity contribution is 1.12. The topological polar surface area (TPSA) is 0 Å². The molecule has 112 valence electrons. The van der Waals surface area contributed by atoms with Gasteiger partial charge < -0.3 is 0 Å². The fraction of sp³-hybridized carbons (Fsp3) is 0.273. The van der Waals surface area contributed by atoms with Gasteiger partial charge in [-0.3, -0.25) is 0 Å². The van der Waals surface area contributed by atoms with Crippen LogP contribution in [-0.2, 0) is 0 Å². The molecule has 0 atom stereocenters. The predicted octanol–water partition coefficient (Wildman–Crippen LogP) is 8.67. The minimum atomic E-state index is 1.29. The summed E-state index contributed by atoms with van der Waals surface area (Å²) in [6, 6.07) is 0. The second kappa shape index (κ2) is 7.85. The van der Waals surface area contributed by atoms with Crippen LogP contribution < -0.4 is 0 Å². The summed E-state index contributed by atoms with van der Waals surface area (Å²) in [6.07, 6.45) is 1.35. The van der Waals surface area contributed by atoms with Crippen molar-refractivity contribution < 1.29 is 0 Å². The molecule has 4 heterocycles. The van der Waals surface area contributed by atoms with Crippen LogP contribution in [0.1, 0.15) is 6.42 Å². The van der Waals surface area contributed by atoms with E-state index in [2.05, 4.69) is 68.7 Å². The van der Waals surface area contributed by atoms with Gasteiger partial charge in [0.05, 0.1) is 31.2 Å². The van der Waals surface area contributed by atoms with Crippen LogP contribution in [0.25, 0.3) is 0 Å². The first-order valence-corrected chi connectivity index (χ1v) is 14.8. The van der Waals surface area contributed by atoms with Gasteiger partial charge >= 0.3 is 0 Å². The fourth-order valence-electron chi connectivity index (χ4n) is 1.65. The largest absolute Gasteiger partial charge is 0.118 e. The van der Waals surface area contributed by atoms with E-state index in [4.69, 9.17) is 0 Å². The molecule has 21 heavy (non-hydrogen) atoms. The Morgan fingerprint density at radius 1 is 0.524 bits per heavy atom. The lowest BCUT2D eigenvalue weighted by Gasteiger charge is -2.15. The Morgan fingerprint density at radius 2 is 0.905 bits per heavy atom. The van der Waals surface area contributed by atoms with Crippen LogP contribution in [0, 0.1) is 0 Å². The van der Waals surface area contributed by atoms with Crippen LogP contribution in [0.15, 0.2) is 31.2 Å². The maximum Gasteiger partial charge on any atom is 0.0718 e. The summed E-state index contributed by atoms with van der Waals surface area (Å²) in [5.41, 5.74) is 0. The van der Waals surface area contributed by atoms with Crippen molar-refractivity contribution in [2.45, 2.75) is 6.42 Å². The minimum Gasteiger partial charge on any atom is -0.118 e. The zero-order valence-electron chi connectivity index (χ0n) is 10.1. The zero-order chi connectivity index (χ0) is 14.4. The SMILES string of the molecule is IC1=C(I)SC(=C2SC3=C(SC(=C4SCCCS4)S3)S2)S1. The van der Waals surface area contributed by atoms with Crippen LogP contribution in [0.2, 0.25) is 0 Å². The van der Waals surface area contributed by atoms with Crippen molar-refractivity contribution in [3.05, 3.63) is 31.2 Å². The fourth-order valence-corrected chi connectivity index (χ4v) is 16.1. The molecule has 4 aliphatic heterocycles. The number of thioether (sulfide) groups is 8. The molecule has 0 amide bonds. The minimum absolute atomic E-state index is 1.29. The van der Waals surface area contributed by atoms with E-state index in [0.29, 0.717) is 0 Å². The third-order valence-corrected chi connectivity index (χ3v) is 18.1. The van der Waals surface area contributed by atoms with Gasteiger partial charge in [-0.05, 0) is 63.1 Å². The van der Waals surface area contributed by atoms with Crippen LogP contribution in [0.5, 0.6) is 0 Å². The van der Waals surface area contributed by atoms with Gasteiger partial charge in [-0.25, -0.2) is 0 Å². The molecule has 4 rings (SSSR count). The number of rotatable bonds is 0. The van der Waals surface area contributed by atoms with E-state index in [-0.39, 0.29) is 0 Å². The van der Waals surface area contributed by atoms with Crippen molar-refractivity contribution in [2.24, 2.45) is 0 Å². The van der Waals surface area contributed by atoms with E-state index in [1.165, 1.54) is 44.9 Å². The summed E-state index contributed by atoms with van der Waals surface area (Å²) in [6.45, 7) is 0. The highest BCUT2D eigenvalue weighted by Gasteiger charge is 2.35. The highest BCUT2D eigenvalue weighted by atomic mass is 127. The number of hydrogen-bond acceptors (Lipinski definition) is 8. The lowest BCUT2D eigenvalue weighted by atomic mass is 10.6. The summed E-state index contributed by atoms with van der Waals surface area (Å²) < 4.78 is 11.9. The summed E-state index contributed by atoms with van der Waals surface area (Å²) in [5.74, 6) is 2.59. The summed E-state index contributed by atoms with van der Waals surface area (Å²) in [5, 5.41) is 0. The molecule has 0 bridgehead atoms.